The second-order valence-corrected chi connectivity index (χ2v) is 5.63. The predicted molar refractivity (Wildman–Crippen MR) is 82.4 cm³/mol. The summed E-state index contributed by atoms with van der Waals surface area (Å²) in [7, 11) is 1.44. The fraction of sp³-hybridized carbons (Fsp3) is 0.412. The number of esters is 1. The summed E-state index contributed by atoms with van der Waals surface area (Å²) in [5.41, 5.74) is 0.785. The molecule has 2 aromatic rings. The number of rotatable bonds is 6. The second-order valence-electron chi connectivity index (χ2n) is 5.63. The van der Waals surface area contributed by atoms with Crippen molar-refractivity contribution in [3.8, 4) is 11.9 Å². The highest BCUT2D eigenvalue weighted by atomic mass is 16.5. The maximum absolute atomic E-state index is 12.7. The molecule has 1 saturated carbocycles. The van der Waals surface area contributed by atoms with Crippen LogP contribution in [0.3, 0.4) is 0 Å². The van der Waals surface area contributed by atoms with Crippen molar-refractivity contribution in [1.82, 2.24) is 4.57 Å². The molecule has 0 aromatic carbocycles. The molecule has 2 heterocycles. The molecule has 124 valence electrons. The van der Waals surface area contributed by atoms with Gasteiger partial charge in [-0.25, -0.2) is 9.36 Å². The lowest BCUT2D eigenvalue weighted by atomic mass is 9.96. The van der Waals surface area contributed by atoms with E-state index >= 15 is 0 Å². The zero-order chi connectivity index (χ0) is 17.1. The molecule has 1 aliphatic carbocycles. The van der Waals surface area contributed by atoms with Crippen LogP contribution in [0.5, 0.6) is 5.88 Å². The van der Waals surface area contributed by atoms with Crippen LogP contribution in [0, 0.1) is 11.3 Å². The highest BCUT2D eigenvalue weighted by Crippen LogP contribution is 2.24. The molecule has 0 saturated heterocycles. The Kier molecular flexibility index (Phi) is 4.47. The molecule has 7 nitrogen and oxygen atoms in total. The number of carbonyl (C=O) groups is 2. The Morgan fingerprint density at radius 1 is 1.42 bits per heavy atom. The molecule has 0 radical (unpaired) electrons. The van der Waals surface area contributed by atoms with Crippen molar-refractivity contribution in [2.24, 2.45) is 0 Å². The summed E-state index contributed by atoms with van der Waals surface area (Å²) in [6.07, 6.45) is 4.38. The molecule has 0 amide bonds. The van der Waals surface area contributed by atoms with E-state index < -0.39 is 11.8 Å². The minimum atomic E-state index is -0.875. The molecule has 0 spiro atoms. The SMILES string of the molecule is COc1c(C(=O)C(=O)OC2CCC2)n(CCC#N)c2cccc[n+]12. The van der Waals surface area contributed by atoms with Crippen molar-refractivity contribution in [2.45, 2.75) is 38.3 Å². The van der Waals surface area contributed by atoms with Crippen molar-refractivity contribution in [2.75, 3.05) is 7.11 Å². The van der Waals surface area contributed by atoms with Crippen LogP contribution in [0.4, 0.5) is 0 Å². The minimum Gasteiger partial charge on any atom is -0.462 e. The number of Topliss-reactive ketones (excluding diaryl/α,β-unsaturated/α-hetero) is 1. The number of ketones is 1. The standard InChI is InChI=1S/C17H18N3O4/c1-23-16-14(15(21)17(22)24-12-6-4-7-12)19(11-5-9-18)13-8-2-3-10-20(13)16/h2-3,8,10,12H,4-7,11H2,1H3/q+1. The number of carbonyl (C=O) groups excluding carboxylic acids is 2. The average Bonchev–Trinajstić information content (AvgIpc) is 2.88. The van der Waals surface area contributed by atoms with Gasteiger partial charge in [0.15, 0.2) is 0 Å². The lowest BCUT2D eigenvalue weighted by molar-refractivity contribution is -0.520. The van der Waals surface area contributed by atoms with Crippen LogP contribution in [0.25, 0.3) is 5.65 Å². The zero-order valence-electron chi connectivity index (χ0n) is 13.4. The summed E-state index contributed by atoms with van der Waals surface area (Å²) in [6, 6.07) is 7.47. The molecule has 0 N–H and O–H groups in total. The molecule has 1 fully saturated rings. The highest BCUT2D eigenvalue weighted by Gasteiger charge is 2.37. The van der Waals surface area contributed by atoms with Crippen LogP contribution < -0.4 is 9.14 Å². The number of pyridine rings is 1. The fourth-order valence-corrected chi connectivity index (χ4v) is 2.76. The van der Waals surface area contributed by atoms with E-state index in [4.69, 9.17) is 14.7 Å². The van der Waals surface area contributed by atoms with E-state index in [9.17, 15) is 9.59 Å². The van der Waals surface area contributed by atoms with Crippen molar-refractivity contribution < 1.29 is 23.5 Å². The van der Waals surface area contributed by atoms with E-state index in [0.29, 0.717) is 5.65 Å². The number of aryl methyl sites for hydroxylation is 1. The topological polar surface area (TPSA) is 85.4 Å². The number of hydrogen-bond donors (Lipinski definition) is 0. The van der Waals surface area contributed by atoms with Gasteiger partial charge in [-0.15, -0.1) is 0 Å². The normalized spacial score (nSPS) is 14.0. The lowest BCUT2D eigenvalue weighted by Crippen LogP contribution is -2.30. The van der Waals surface area contributed by atoms with Crippen molar-refractivity contribution in [3.63, 3.8) is 0 Å². The van der Waals surface area contributed by atoms with E-state index in [1.54, 1.807) is 27.3 Å². The molecule has 7 heteroatoms. The molecule has 0 atom stereocenters. The van der Waals surface area contributed by atoms with Gasteiger partial charge in [0, 0.05) is 6.07 Å². The Balaban J connectivity index is 2.05. The summed E-state index contributed by atoms with van der Waals surface area (Å²) in [5, 5.41) is 8.88. The highest BCUT2D eigenvalue weighted by molar-refractivity contribution is 6.40. The minimum absolute atomic E-state index is 0.114. The smallest absolute Gasteiger partial charge is 0.384 e. The van der Waals surface area contributed by atoms with Gasteiger partial charge in [0.25, 0.3) is 11.3 Å². The van der Waals surface area contributed by atoms with Gasteiger partial charge in [0.05, 0.1) is 25.8 Å². The maximum atomic E-state index is 12.7. The third kappa shape index (κ3) is 2.71. The molecular weight excluding hydrogens is 310 g/mol. The zero-order valence-corrected chi connectivity index (χ0v) is 13.4. The summed E-state index contributed by atoms with van der Waals surface area (Å²) in [5.74, 6) is -1.36. The van der Waals surface area contributed by atoms with Crippen LogP contribution in [-0.2, 0) is 16.1 Å². The Bertz CT molecular complexity index is 830. The van der Waals surface area contributed by atoms with Gasteiger partial charge in [-0.1, -0.05) is 6.07 Å². The number of hydrogen-bond acceptors (Lipinski definition) is 5. The van der Waals surface area contributed by atoms with Gasteiger partial charge in [0.2, 0.25) is 0 Å². The first kappa shape index (κ1) is 16.0. The van der Waals surface area contributed by atoms with Crippen LogP contribution in [0.1, 0.15) is 36.2 Å². The van der Waals surface area contributed by atoms with Crippen molar-refractivity contribution >= 4 is 17.4 Å². The van der Waals surface area contributed by atoms with Crippen LogP contribution >= 0.6 is 0 Å². The number of ether oxygens (including phenoxy) is 2. The van der Waals surface area contributed by atoms with Gasteiger partial charge < -0.3 is 9.47 Å². The number of methoxy groups -OCH3 is 1. The van der Waals surface area contributed by atoms with E-state index in [1.165, 1.54) is 7.11 Å². The van der Waals surface area contributed by atoms with Gasteiger partial charge in [-0.05, 0) is 25.3 Å². The first-order valence-corrected chi connectivity index (χ1v) is 7.86. The van der Waals surface area contributed by atoms with Gasteiger partial charge in [-0.3, -0.25) is 4.79 Å². The summed E-state index contributed by atoms with van der Waals surface area (Å²) in [6.45, 7) is 0.283. The molecule has 0 aliphatic heterocycles. The molecule has 3 rings (SSSR count). The number of imidazole rings is 1. The van der Waals surface area contributed by atoms with Crippen LogP contribution in [-0.4, -0.2) is 29.5 Å². The molecule has 0 bridgehead atoms. The van der Waals surface area contributed by atoms with Crippen molar-refractivity contribution in [3.05, 3.63) is 30.1 Å². The van der Waals surface area contributed by atoms with E-state index in [-0.39, 0.29) is 30.6 Å². The summed E-state index contributed by atoms with van der Waals surface area (Å²) in [4.78, 5) is 24.9. The van der Waals surface area contributed by atoms with E-state index in [1.807, 2.05) is 6.07 Å². The number of nitrogens with zero attached hydrogens (tertiary/aromatic N) is 3. The molecule has 1 aliphatic rings. The van der Waals surface area contributed by atoms with Crippen LogP contribution in [0.15, 0.2) is 24.4 Å². The third-order valence-corrected chi connectivity index (χ3v) is 4.17. The molecule has 24 heavy (non-hydrogen) atoms. The second kappa shape index (κ2) is 6.71. The number of nitriles is 1. The molecular formula is C17H18N3O4+. The predicted octanol–water partition coefficient (Wildman–Crippen LogP) is 1.43. The molecule has 2 aromatic heterocycles. The Hall–Kier alpha value is -2.88. The largest absolute Gasteiger partial charge is 0.462 e. The summed E-state index contributed by atoms with van der Waals surface area (Å²) < 4.78 is 13.9. The first-order chi connectivity index (χ1) is 11.7. The van der Waals surface area contributed by atoms with E-state index in [2.05, 4.69) is 6.07 Å². The third-order valence-electron chi connectivity index (χ3n) is 4.17. The van der Waals surface area contributed by atoms with Gasteiger partial charge in [-0.2, -0.15) is 9.66 Å². The van der Waals surface area contributed by atoms with Crippen molar-refractivity contribution in [1.29, 1.82) is 5.26 Å². The fourth-order valence-electron chi connectivity index (χ4n) is 2.76. The first-order valence-electron chi connectivity index (χ1n) is 7.86. The van der Waals surface area contributed by atoms with Crippen LogP contribution in [0.2, 0.25) is 0 Å². The molecule has 0 unspecified atom stereocenters. The monoisotopic (exact) mass is 328 g/mol. The Labute approximate surface area is 139 Å². The van der Waals surface area contributed by atoms with E-state index in [0.717, 1.165) is 19.3 Å². The Morgan fingerprint density at radius 3 is 2.83 bits per heavy atom. The number of fused-ring (bicyclic) bond motifs is 1. The lowest BCUT2D eigenvalue weighted by Gasteiger charge is -2.24. The average molecular weight is 328 g/mol. The maximum Gasteiger partial charge on any atom is 0.384 e. The van der Waals surface area contributed by atoms with Gasteiger partial charge >= 0.3 is 17.6 Å². The summed E-state index contributed by atoms with van der Waals surface area (Å²) >= 11 is 0. The van der Waals surface area contributed by atoms with Gasteiger partial charge in [0.1, 0.15) is 12.6 Å². The number of aromatic nitrogens is 2. The quantitative estimate of drug-likeness (QED) is 0.346. The Morgan fingerprint density at radius 2 is 2.21 bits per heavy atom.